The van der Waals surface area contributed by atoms with Crippen LogP contribution in [0.2, 0.25) is 0 Å². The third kappa shape index (κ3) is 9.75. The lowest BCUT2D eigenvalue weighted by atomic mass is 10.1. The van der Waals surface area contributed by atoms with Gasteiger partial charge < -0.3 is 0 Å². The first kappa shape index (κ1) is 38.1. The average Bonchev–Trinajstić information content (AvgIpc) is 3.92. The highest BCUT2D eigenvalue weighted by Crippen LogP contribution is 2.29. The van der Waals surface area contributed by atoms with Crippen molar-refractivity contribution in [3.05, 3.63) is 189 Å². The molecule has 6 aromatic carbocycles. The van der Waals surface area contributed by atoms with Gasteiger partial charge in [-0.3, -0.25) is 0 Å². The first-order chi connectivity index (χ1) is 27.6. The monoisotopic (exact) mass is 790 g/mol. The maximum atomic E-state index is 13.0. The fraction of sp³-hybridized carbons (Fsp3) is 0.0435. The first-order valence-electron chi connectivity index (χ1n) is 16.9. The highest BCUT2D eigenvalue weighted by Gasteiger charge is 2.29. The summed E-state index contributed by atoms with van der Waals surface area (Å²) in [6.45, 7) is 2.02. The molecule has 57 heavy (non-hydrogen) atoms. The number of alkyl halides is 3. The van der Waals surface area contributed by atoms with Gasteiger partial charge in [-0.25, -0.2) is 8.78 Å². The van der Waals surface area contributed by atoms with Crippen molar-refractivity contribution in [2.24, 2.45) is 0 Å². The van der Waals surface area contributed by atoms with E-state index >= 15 is 0 Å². The maximum absolute atomic E-state index is 13.0. The second-order valence-corrected chi connectivity index (χ2v) is 13.3. The maximum Gasteiger partial charge on any atom is 0.416 e. The van der Waals surface area contributed by atoms with Crippen LogP contribution in [0.4, 0.5) is 22.0 Å². The molecule has 0 N–H and O–H groups in total. The Balaban J connectivity index is 0.000000175. The minimum absolute atomic E-state index is 0.296. The van der Waals surface area contributed by atoms with E-state index in [0.29, 0.717) is 44.3 Å². The highest BCUT2D eigenvalue weighted by atomic mass is 32.1. The normalized spacial score (nSPS) is 10.4. The standard InChI is InChI=1S/C24H13F3N2S.C22H10F2N2S/c1-16-2-4-17(5-3-16)6-10-19-12-13-20(23-22(19)28-30-29-23)11-7-18-8-14-21(15-9-18)24(25,26)27;23-19-11-3-15(4-12-19)1-7-17-9-10-18(22-21(17)25-27-26-22)8-2-16-5-13-20(24)14-6-16/h2-5,8-9,12-15H,1H3;3-6,9-14H. The predicted octanol–water partition coefficient (Wildman–Crippen LogP) is 10.6. The topological polar surface area (TPSA) is 51.6 Å². The zero-order chi connectivity index (χ0) is 39.8. The van der Waals surface area contributed by atoms with Gasteiger partial charge in [0.2, 0.25) is 0 Å². The van der Waals surface area contributed by atoms with Crippen LogP contribution in [-0.2, 0) is 6.18 Å². The summed E-state index contributed by atoms with van der Waals surface area (Å²) in [5.74, 6) is 23.7. The van der Waals surface area contributed by atoms with Gasteiger partial charge in [-0.1, -0.05) is 65.1 Å². The molecule has 8 rings (SSSR count). The average molecular weight is 791 g/mol. The van der Waals surface area contributed by atoms with Crippen LogP contribution in [-0.4, -0.2) is 17.5 Å². The quantitative estimate of drug-likeness (QED) is 0.113. The first-order valence-corrected chi connectivity index (χ1v) is 18.4. The number of hydrogen-bond donors (Lipinski definition) is 0. The molecular weight excluding hydrogens is 768 g/mol. The zero-order valence-corrected chi connectivity index (χ0v) is 31.2. The predicted molar refractivity (Wildman–Crippen MR) is 214 cm³/mol. The number of rotatable bonds is 0. The van der Waals surface area contributed by atoms with E-state index in [1.807, 2.05) is 49.4 Å². The molecule has 0 aliphatic carbocycles. The molecule has 0 atom stereocenters. The summed E-state index contributed by atoms with van der Waals surface area (Å²) in [6, 6.07) is 32.0. The molecule has 0 fully saturated rings. The second-order valence-electron chi connectivity index (χ2n) is 12.2. The molecule has 4 nitrogen and oxygen atoms in total. The van der Waals surface area contributed by atoms with Crippen molar-refractivity contribution in [2.75, 3.05) is 0 Å². The van der Waals surface area contributed by atoms with Crippen LogP contribution < -0.4 is 0 Å². The van der Waals surface area contributed by atoms with E-state index in [1.54, 1.807) is 30.3 Å². The molecule has 0 saturated heterocycles. The van der Waals surface area contributed by atoms with Gasteiger partial charge in [0.25, 0.3) is 0 Å². The number of hydrogen-bond acceptors (Lipinski definition) is 6. The van der Waals surface area contributed by atoms with Gasteiger partial charge in [0.1, 0.15) is 33.7 Å². The van der Waals surface area contributed by atoms with E-state index in [4.69, 9.17) is 0 Å². The Morgan fingerprint density at radius 3 is 0.965 bits per heavy atom. The molecule has 0 saturated carbocycles. The van der Waals surface area contributed by atoms with Crippen LogP contribution in [0.25, 0.3) is 22.1 Å². The number of aryl methyl sites for hydroxylation is 1. The summed E-state index contributed by atoms with van der Waals surface area (Å²) in [5.41, 5.74) is 8.82. The van der Waals surface area contributed by atoms with Gasteiger partial charge in [0.05, 0.1) is 51.3 Å². The highest BCUT2D eigenvalue weighted by molar-refractivity contribution is 7.00. The van der Waals surface area contributed by atoms with Gasteiger partial charge in [0, 0.05) is 22.3 Å². The van der Waals surface area contributed by atoms with Crippen LogP contribution in [0.5, 0.6) is 0 Å². The Bertz CT molecular complexity index is 2880. The summed E-state index contributed by atoms with van der Waals surface area (Å²) in [7, 11) is 0. The van der Waals surface area contributed by atoms with Crippen molar-refractivity contribution in [3.63, 3.8) is 0 Å². The Labute approximate surface area is 332 Å². The third-order valence-corrected chi connectivity index (χ3v) is 9.21. The Hall–Kier alpha value is -7.15. The van der Waals surface area contributed by atoms with E-state index in [2.05, 4.69) is 64.9 Å². The Kier molecular flexibility index (Phi) is 11.4. The van der Waals surface area contributed by atoms with E-state index < -0.39 is 11.7 Å². The Morgan fingerprint density at radius 2 is 0.667 bits per heavy atom. The molecule has 2 heterocycles. The van der Waals surface area contributed by atoms with Crippen molar-refractivity contribution in [3.8, 4) is 47.4 Å². The largest absolute Gasteiger partial charge is 0.416 e. The van der Waals surface area contributed by atoms with Gasteiger partial charge in [0.15, 0.2) is 0 Å². The summed E-state index contributed by atoms with van der Waals surface area (Å²) in [4.78, 5) is 0. The lowest BCUT2D eigenvalue weighted by Crippen LogP contribution is -2.04. The summed E-state index contributed by atoms with van der Waals surface area (Å²) in [5, 5.41) is 0. The van der Waals surface area contributed by atoms with Crippen molar-refractivity contribution in [2.45, 2.75) is 13.1 Å². The van der Waals surface area contributed by atoms with Gasteiger partial charge in [-0.05, 0) is 116 Å². The molecule has 8 aromatic rings. The van der Waals surface area contributed by atoms with Crippen LogP contribution in [0.1, 0.15) is 55.6 Å². The number of halogens is 5. The van der Waals surface area contributed by atoms with Crippen molar-refractivity contribution in [1.82, 2.24) is 17.5 Å². The minimum Gasteiger partial charge on any atom is -0.207 e. The van der Waals surface area contributed by atoms with E-state index in [1.165, 1.54) is 42.0 Å². The fourth-order valence-electron chi connectivity index (χ4n) is 5.14. The SMILES string of the molecule is Cc1ccc(C#Cc2ccc(C#Cc3ccc(C(F)(F)F)cc3)c3nsnc23)cc1.Fc1ccc(C#Cc2ccc(C#Cc3ccc(F)cc3)c3nsnc23)cc1. The molecule has 274 valence electrons. The molecular formula is C46H23F5N4S2. The summed E-state index contributed by atoms with van der Waals surface area (Å²) < 4.78 is 81.3. The van der Waals surface area contributed by atoms with Crippen LogP contribution in [0, 0.1) is 65.9 Å². The summed E-state index contributed by atoms with van der Waals surface area (Å²) >= 11 is 2.16. The van der Waals surface area contributed by atoms with E-state index in [0.717, 1.165) is 57.8 Å². The third-order valence-electron chi connectivity index (χ3n) is 8.15. The van der Waals surface area contributed by atoms with Crippen LogP contribution in [0.15, 0.2) is 121 Å². The number of nitrogens with zero attached hydrogens (tertiary/aromatic N) is 4. The molecule has 11 heteroatoms. The molecule has 0 amide bonds. The van der Waals surface area contributed by atoms with Crippen LogP contribution >= 0.6 is 23.5 Å². The number of benzene rings is 6. The van der Waals surface area contributed by atoms with E-state index in [9.17, 15) is 22.0 Å². The molecule has 0 bridgehead atoms. The molecule has 0 aliphatic rings. The Morgan fingerprint density at radius 1 is 0.386 bits per heavy atom. The smallest absolute Gasteiger partial charge is 0.207 e. The lowest BCUT2D eigenvalue weighted by molar-refractivity contribution is -0.137. The lowest BCUT2D eigenvalue weighted by Gasteiger charge is -2.05. The fourth-order valence-corrected chi connectivity index (χ4v) is 6.29. The number of aromatic nitrogens is 4. The molecule has 2 aromatic heterocycles. The number of fused-ring (bicyclic) bond motifs is 2. The van der Waals surface area contributed by atoms with Gasteiger partial charge >= 0.3 is 6.18 Å². The van der Waals surface area contributed by atoms with Crippen LogP contribution in [0.3, 0.4) is 0 Å². The minimum atomic E-state index is -4.36. The molecule has 0 aliphatic heterocycles. The zero-order valence-electron chi connectivity index (χ0n) is 29.5. The molecule has 0 radical (unpaired) electrons. The molecule has 0 spiro atoms. The van der Waals surface area contributed by atoms with Gasteiger partial charge in [-0.15, -0.1) is 0 Å². The van der Waals surface area contributed by atoms with E-state index in [-0.39, 0.29) is 11.6 Å². The molecule has 0 unspecified atom stereocenters. The van der Waals surface area contributed by atoms with Crippen molar-refractivity contribution >= 4 is 45.5 Å². The van der Waals surface area contributed by atoms with Crippen molar-refractivity contribution in [1.29, 1.82) is 0 Å². The summed E-state index contributed by atoms with van der Waals surface area (Å²) in [6.07, 6.45) is -4.36. The second kappa shape index (κ2) is 17.1. The van der Waals surface area contributed by atoms with Gasteiger partial charge in [-0.2, -0.15) is 30.7 Å². The van der Waals surface area contributed by atoms with Crippen molar-refractivity contribution < 1.29 is 22.0 Å².